The number of amides is 1. The first-order valence-electron chi connectivity index (χ1n) is 13.3. The second kappa shape index (κ2) is 10.8. The number of aromatic nitrogens is 2. The number of likely N-dealkylation sites (tertiary alicyclic amines) is 1. The average Bonchev–Trinajstić information content (AvgIpc) is 3.40. The van der Waals surface area contributed by atoms with Crippen molar-refractivity contribution in [1.82, 2.24) is 24.7 Å². The molecule has 2 fully saturated rings. The van der Waals surface area contributed by atoms with Crippen LogP contribution in [0.4, 0.5) is 11.6 Å². The third-order valence-electron chi connectivity index (χ3n) is 7.55. The lowest BCUT2D eigenvalue weighted by atomic mass is 10.0. The Labute approximate surface area is 218 Å². The minimum absolute atomic E-state index is 0.101. The number of carbonyl (C=O) groups is 1. The van der Waals surface area contributed by atoms with Gasteiger partial charge >= 0.3 is 0 Å². The van der Waals surface area contributed by atoms with Crippen LogP contribution >= 0.6 is 0 Å². The van der Waals surface area contributed by atoms with Crippen LogP contribution in [-0.2, 0) is 6.54 Å². The SMILES string of the molecule is O=C(c1ccc(Nc2ncc3c(n2)-c2ccccc2C=NC3)cc1)N1CCN(CCN2CCCC2)CC1. The van der Waals surface area contributed by atoms with Gasteiger partial charge in [0.1, 0.15) is 0 Å². The molecule has 6 rings (SSSR count). The first-order chi connectivity index (χ1) is 18.2. The Morgan fingerprint density at radius 3 is 2.38 bits per heavy atom. The number of fused-ring (bicyclic) bond motifs is 3. The molecular formula is C29H33N7O. The Balaban J connectivity index is 1.06. The van der Waals surface area contributed by atoms with Gasteiger partial charge < -0.3 is 15.1 Å². The molecule has 0 bridgehead atoms. The zero-order chi connectivity index (χ0) is 25.0. The molecule has 0 atom stereocenters. The van der Waals surface area contributed by atoms with Gasteiger partial charge in [0.05, 0.1) is 12.2 Å². The molecule has 37 heavy (non-hydrogen) atoms. The van der Waals surface area contributed by atoms with E-state index in [4.69, 9.17) is 4.98 Å². The van der Waals surface area contributed by atoms with Crippen LogP contribution in [0.25, 0.3) is 11.3 Å². The fourth-order valence-electron chi connectivity index (χ4n) is 5.35. The molecular weight excluding hydrogens is 462 g/mol. The van der Waals surface area contributed by atoms with Gasteiger partial charge in [-0.25, -0.2) is 9.97 Å². The van der Waals surface area contributed by atoms with E-state index < -0.39 is 0 Å². The number of hydrogen-bond acceptors (Lipinski definition) is 7. The Kier molecular flexibility index (Phi) is 6.92. The van der Waals surface area contributed by atoms with Gasteiger partial charge in [-0.15, -0.1) is 0 Å². The molecule has 2 saturated heterocycles. The van der Waals surface area contributed by atoms with Crippen molar-refractivity contribution < 1.29 is 4.79 Å². The zero-order valence-corrected chi connectivity index (χ0v) is 21.1. The third-order valence-corrected chi connectivity index (χ3v) is 7.55. The summed E-state index contributed by atoms with van der Waals surface area (Å²) in [5, 5.41) is 3.30. The summed E-state index contributed by atoms with van der Waals surface area (Å²) in [6, 6.07) is 15.8. The number of hydrogen-bond donors (Lipinski definition) is 1. The van der Waals surface area contributed by atoms with Crippen LogP contribution in [0.15, 0.2) is 59.7 Å². The van der Waals surface area contributed by atoms with Gasteiger partial charge in [-0.2, -0.15) is 0 Å². The molecule has 190 valence electrons. The van der Waals surface area contributed by atoms with Gasteiger partial charge in [0.25, 0.3) is 5.91 Å². The van der Waals surface area contributed by atoms with Gasteiger partial charge in [0.2, 0.25) is 5.95 Å². The summed E-state index contributed by atoms with van der Waals surface area (Å²) in [5.41, 5.74) is 5.58. The van der Waals surface area contributed by atoms with Gasteiger partial charge in [0.15, 0.2) is 0 Å². The largest absolute Gasteiger partial charge is 0.336 e. The second-order valence-electron chi connectivity index (χ2n) is 10.0. The van der Waals surface area contributed by atoms with E-state index in [1.54, 1.807) is 0 Å². The van der Waals surface area contributed by atoms with Crippen LogP contribution in [0.3, 0.4) is 0 Å². The molecule has 3 aliphatic rings. The molecule has 4 heterocycles. The van der Waals surface area contributed by atoms with Crippen LogP contribution in [0.5, 0.6) is 0 Å². The first-order valence-corrected chi connectivity index (χ1v) is 13.3. The highest BCUT2D eigenvalue weighted by atomic mass is 16.2. The van der Waals surface area contributed by atoms with E-state index in [2.05, 4.69) is 31.2 Å². The molecule has 8 heteroatoms. The monoisotopic (exact) mass is 495 g/mol. The maximum atomic E-state index is 13.1. The van der Waals surface area contributed by atoms with E-state index in [-0.39, 0.29) is 5.91 Å². The lowest BCUT2D eigenvalue weighted by Gasteiger charge is -2.35. The van der Waals surface area contributed by atoms with Crippen LogP contribution < -0.4 is 5.32 Å². The highest BCUT2D eigenvalue weighted by Gasteiger charge is 2.23. The van der Waals surface area contributed by atoms with Crippen molar-refractivity contribution in [3.05, 3.63) is 71.4 Å². The van der Waals surface area contributed by atoms with E-state index in [0.717, 1.165) is 67.3 Å². The van der Waals surface area contributed by atoms with Gasteiger partial charge in [-0.05, 0) is 50.2 Å². The van der Waals surface area contributed by atoms with E-state index >= 15 is 0 Å². The molecule has 3 aliphatic heterocycles. The van der Waals surface area contributed by atoms with E-state index in [1.165, 1.54) is 25.9 Å². The van der Waals surface area contributed by atoms with Crippen molar-refractivity contribution in [3.63, 3.8) is 0 Å². The third kappa shape index (κ3) is 5.40. The standard InChI is InChI=1S/C29H33N7O/c37-28(36-17-15-35(16-18-36)14-13-34-11-3-4-12-34)22-7-9-25(10-8-22)32-29-31-21-24-20-30-19-23-5-1-2-6-26(23)27(24)33-29/h1-2,5-10,19,21H,3-4,11-18,20H2,(H,31,32,33). The molecule has 0 saturated carbocycles. The Morgan fingerprint density at radius 1 is 0.865 bits per heavy atom. The molecule has 0 aliphatic carbocycles. The predicted octanol–water partition coefficient (Wildman–Crippen LogP) is 3.67. The number of benzene rings is 2. The minimum atomic E-state index is 0.101. The normalized spacial score (nSPS) is 17.8. The molecule has 1 amide bonds. The summed E-state index contributed by atoms with van der Waals surface area (Å²) < 4.78 is 0. The maximum Gasteiger partial charge on any atom is 0.253 e. The lowest BCUT2D eigenvalue weighted by Crippen LogP contribution is -2.50. The van der Waals surface area contributed by atoms with Crippen molar-refractivity contribution >= 4 is 23.8 Å². The second-order valence-corrected chi connectivity index (χ2v) is 10.0. The summed E-state index contributed by atoms with van der Waals surface area (Å²) in [7, 11) is 0. The van der Waals surface area contributed by atoms with Crippen LogP contribution in [0, 0.1) is 0 Å². The van der Waals surface area contributed by atoms with Gasteiger partial charge in [-0.3, -0.25) is 14.7 Å². The molecule has 0 radical (unpaired) electrons. The van der Waals surface area contributed by atoms with Gasteiger partial charge in [-0.1, -0.05) is 24.3 Å². The summed E-state index contributed by atoms with van der Waals surface area (Å²) in [6.07, 6.45) is 6.41. The van der Waals surface area contributed by atoms with Crippen molar-refractivity contribution in [2.45, 2.75) is 19.4 Å². The molecule has 3 aromatic rings. The predicted molar refractivity (Wildman–Crippen MR) is 147 cm³/mol. The molecule has 0 unspecified atom stereocenters. The topological polar surface area (TPSA) is 77.0 Å². The van der Waals surface area contributed by atoms with E-state index in [0.29, 0.717) is 18.1 Å². The minimum Gasteiger partial charge on any atom is -0.336 e. The quantitative estimate of drug-likeness (QED) is 0.562. The summed E-state index contributed by atoms with van der Waals surface area (Å²) in [6.45, 7) is 8.76. The van der Waals surface area contributed by atoms with Crippen molar-refractivity contribution in [2.24, 2.45) is 4.99 Å². The number of nitrogens with zero attached hydrogens (tertiary/aromatic N) is 6. The molecule has 8 nitrogen and oxygen atoms in total. The lowest BCUT2D eigenvalue weighted by molar-refractivity contribution is 0.0626. The Morgan fingerprint density at radius 2 is 1.59 bits per heavy atom. The Hall–Kier alpha value is -3.62. The molecule has 2 aromatic carbocycles. The van der Waals surface area contributed by atoms with E-state index in [9.17, 15) is 4.79 Å². The van der Waals surface area contributed by atoms with Crippen LogP contribution in [0.2, 0.25) is 0 Å². The summed E-state index contributed by atoms with van der Waals surface area (Å²) in [4.78, 5) is 33.9. The highest BCUT2D eigenvalue weighted by molar-refractivity contribution is 5.95. The first kappa shape index (κ1) is 23.8. The van der Waals surface area contributed by atoms with Gasteiger partial charge in [0, 0.05) is 79.6 Å². The van der Waals surface area contributed by atoms with Crippen molar-refractivity contribution in [2.75, 3.05) is 57.7 Å². The average molecular weight is 496 g/mol. The molecule has 1 aromatic heterocycles. The molecule has 0 spiro atoms. The smallest absolute Gasteiger partial charge is 0.253 e. The number of carbonyl (C=O) groups excluding carboxylic acids is 1. The maximum absolute atomic E-state index is 13.1. The van der Waals surface area contributed by atoms with Crippen molar-refractivity contribution in [1.29, 1.82) is 0 Å². The summed E-state index contributed by atoms with van der Waals surface area (Å²) >= 11 is 0. The van der Waals surface area contributed by atoms with Crippen LogP contribution in [-0.4, -0.2) is 89.1 Å². The fourth-order valence-corrected chi connectivity index (χ4v) is 5.35. The summed E-state index contributed by atoms with van der Waals surface area (Å²) in [5.74, 6) is 0.628. The number of anilines is 2. The molecule has 1 N–H and O–H groups in total. The van der Waals surface area contributed by atoms with E-state index in [1.807, 2.05) is 59.8 Å². The number of rotatable bonds is 6. The van der Waals surface area contributed by atoms with Crippen molar-refractivity contribution in [3.8, 4) is 11.3 Å². The highest BCUT2D eigenvalue weighted by Crippen LogP contribution is 2.28. The fraction of sp³-hybridized carbons (Fsp3) is 0.379. The number of nitrogens with one attached hydrogen (secondary N) is 1. The zero-order valence-electron chi connectivity index (χ0n) is 21.1. The number of piperazine rings is 1. The van der Waals surface area contributed by atoms with Crippen LogP contribution in [0.1, 0.15) is 34.3 Å². The number of aliphatic imine (C=N–C) groups is 1. The Bertz CT molecular complexity index is 1280.